The Hall–Kier alpha value is -2.12. The first-order valence-corrected chi connectivity index (χ1v) is 7.43. The molecule has 0 amide bonds. The molecule has 0 heterocycles. The SMILES string of the molecule is CNCc1ccc(C)c(-c2c(C)ccc3ccccc23)c1. The van der Waals surface area contributed by atoms with Crippen molar-refractivity contribution in [3.63, 3.8) is 0 Å². The minimum atomic E-state index is 0.900. The van der Waals surface area contributed by atoms with Crippen LogP contribution in [-0.2, 0) is 6.54 Å². The molecule has 0 aliphatic rings. The van der Waals surface area contributed by atoms with Crippen LogP contribution in [0.3, 0.4) is 0 Å². The third kappa shape index (κ3) is 2.57. The fraction of sp³-hybridized carbons (Fsp3) is 0.200. The Morgan fingerprint density at radius 2 is 1.62 bits per heavy atom. The van der Waals surface area contributed by atoms with E-state index in [0.717, 1.165) is 6.54 Å². The van der Waals surface area contributed by atoms with Gasteiger partial charge in [-0.15, -0.1) is 0 Å². The van der Waals surface area contributed by atoms with E-state index in [1.807, 2.05) is 7.05 Å². The standard InChI is InChI=1S/C20H21N/c1-14-8-10-16(13-21-3)12-19(14)20-15(2)9-11-17-6-4-5-7-18(17)20/h4-12,21H,13H2,1-3H3. The first-order valence-electron chi connectivity index (χ1n) is 7.43. The van der Waals surface area contributed by atoms with Crippen molar-refractivity contribution >= 4 is 10.8 Å². The Morgan fingerprint density at radius 3 is 2.43 bits per heavy atom. The number of hydrogen-bond donors (Lipinski definition) is 1. The van der Waals surface area contributed by atoms with Crippen LogP contribution in [-0.4, -0.2) is 7.05 Å². The molecule has 1 heteroatoms. The van der Waals surface area contributed by atoms with Gasteiger partial charge in [0.25, 0.3) is 0 Å². The van der Waals surface area contributed by atoms with Crippen molar-refractivity contribution in [1.29, 1.82) is 0 Å². The van der Waals surface area contributed by atoms with E-state index in [4.69, 9.17) is 0 Å². The maximum atomic E-state index is 3.23. The van der Waals surface area contributed by atoms with Gasteiger partial charge in [0.15, 0.2) is 0 Å². The molecule has 0 saturated carbocycles. The minimum absolute atomic E-state index is 0.900. The normalized spacial score (nSPS) is 11.0. The topological polar surface area (TPSA) is 12.0 Å². The molecule has 21 heavy (non-hydrogen) atoms. The Kier molecular flexibility index (Phi) is 3.76. The van der Waals surface area contributed by atoms with Crippen LogP contribution in [0.1, 0.15) is 16.7 Å². The number of rotatable bonds is 3. The summed E-state index contributed by atoms with van der Waals surface area (Å²) < 4.78 is 0. The number of nitrogens with one attached hydrogen (secondary N) is 1. The van der Waals surface area contributed by atoms with Crippen molar-refractivity contribution in [2.24, 2.45) is 0 Å². The number of hydrogen-bond acceptors (Lipinski definition) is 1. The number of benzene rings is 3. The average Bonchev–Trinajstić information content (AvgIpc) is 2.50. The lowest BCUT2D eigenvalue weighted by Crippen LogP contribution is -2.05. The summed E-state index contributed by atoms with van der Waals surface area (Å²) in [4.78, 5) is 0. The monoisotopic (exact) mass is 275 g/mol. The van der Waals surface area contributed by atoms with E-state index >= 15 is 0 Å². The molecule has 0 unspecified atom stereocenters. The lowest BCUT2D eigenvalue weighted by Gasteiger charge is -2.15. The van der Waals surface area contributed by atoms with Crippen LogP contribution in [0.15, 0.2) is 54.6 Å². The first-order chi connectivity index (χ1) is 10.2. The van der Waals surface area contributed by atoms with Crippen molar-refractivity contribution in [2.75, 3.05) is 7.05 Å². The van der Waals surface area contributed by atoms with E-state index in [9.17, 15) is 0 Å². The van der Waals surface area contributed by atoms with Gasteiger partial charge in [0.05, 0.1) is 0 Å². The summed E-state index contributed by atoms with van der Waals surface area (Å²) in [6.07, 6.45) is 0. The van der Waals surface area contributed by atoms with E-state index in [1.165, 1.54) is 38.6 Å². The second kappa shape index (κ2) is 5.71. The molecular weight excluding hydrogens is 254 g/mol. The van der Waals surface area contributed by atoms with Crippen LogP contribution in [0.2, 0.25) is 0 Å². The van der Waals surface area contributed by atoms with Crippen molar-refractivity contribution in [3.8, 4) is 11.1 Å². The predicted octanol–water partition coefficient (Wildman–Crippen LogP) is 4.84. The maximum Gasteiger partial charge on any atom is 0.0202 e. The van der Waals surface area contributed by atoms with Gasteiger partial charge in [0.1, 0.15) is 0 Å². The third-order valence-electron chi connectivity index (χ3n) is 4.09. The minimum Gasteiger partial charge on any atom is -0.316 e. The van der Waals surface area contributed by atoms with Gasteiger partial charge in [0, 0.05) is 6.54 Å². The molecule has 3 aromatic rings. The summed E-state index contributed by atoms with van der Waals surface area (Å²) >= 11 is 0. The Balaban J connectivity index is 2.29. The molecule has 0 saturated heterocycles. The van der Waals surface area contributed by atoms with E-state index in [-0.39, 0.29) is 0 Å². The summed E-state index contributed by atoms with van der Waals surface area (Å²) in [6, 6.07) is 19.8. The Morgan fingerprint density at radius 1 is 0.857 bits per heavy atom. The van der Waals surface area contributed by atoms with E-state index in [1.54, 1.807) is 0 Å². The van der Waals surface area contributed by atoms with Gasteiger partial charge in [-0.3, -0.25) is 0 Å². The molecule has 0 aliphatic carbocycles. The highest BCUT2D eigenvalue weighted by molar-refractivity contribution is 5.99. The summed E-state index contributed by atoms with van der Waals surface area (Å²) in [5.41, 5.74) is 6.69. The summed E-state index contributed by atoms with van der Waals surface area (Å²) in [5, 5.41) is 5.87. The molecule has 3 aromatic carbocycles. The second-order valence-electron chi connectivity index (χ2n) is 5.66. The molecule has 1 N–H and O–H groups in total. The van der Waals surface area contributed by atoms with Crippen LogP contribution in [0.4, 0.5) is 0 Å². The first kappa shape index (κ1) is 13.8. The van der Waals surface area contributed by atoms with Gasteiger partial charge >= 0.3 is 0 Å². The highest BCUT2D eigenvalue weighted by Gasteiger charge is 2.10. The Bertz CT molecular complexity index is 787. The molecule has 3 rings (SSSR count). The van der Waals surface area contributed by atoms with Gasteiger partial charge in [-0.2, -0.15) is 0 Å². The lowest BCUT2D eigenvalue weighted by atomic mass is 9.90. The summed E-state index contributed by atoms with van der Waals surface area (Å²) in [6.45, 7) is 5.29. The van der Waals surface area contributed by atoms with Crippen molar-refractivity contribution in [3.05, 3.63) is 71.3 Å². The highest BCUT2D eigenvalue weighted by atomic mass is 14.8. The maximum absolute atomic E-state index is 3.23. The van der Waals surface area contributed by atoms with E-state index in [2.05, 4.69) is 73.8 Å². The second-order valence-corrected chi connectivity index (χ2v) is 5.66. The Labute approximate surface area is 126 Å². The van der Waals surface area contributed by atoms with E-state index < -0.39 is 0 Å². The van der Waals surface area contributed by atoms with Crippen LogP contribution in [0.5, 0.6) is 0 Å². The zero-order chi connectivity index (χ0) is 14.8. The molecule has 0 spiro atoms. The molecule has 1 nitrogen and oxygen atoms in total. The van der Waals surface area contributed by atoms with Crippen molar-refractivity contribution < 1.29 is 0 Å². The smallest absolute Gasteiger partial charge is 0.0202 e. The third-order valence-corrected chi connectivity index (χ3v) is 4.09. The molecule has 106 valence electrons. The largest absolute Gasteiger partial charge is 0.316 e. The van der Waals surface area contributed by atoms with Gasteiger partial charge < -0.3 is 5.32 Å². The molecule has 0 atom stereocenters. The van der Waals surface area contributed by atoms with Crippen molar-refractivity contribution in [1.82, 2.24) is 5.32 Å². The van der Waals surface area contributed by atoms with Gasteiger partial charge in [-0.25, -0.2) is 0 Å². The quantitative estimate of drug-likeness (QED) is 0.721. The highest BCUT2D eigenvalue weighted by Crippen LogP contribution is 2.34. The molecule has 0 radical (unpaired) electrons. The van der Waals surface area contributed by atoms with E-state index in [0.29, 0.717) is 0 Å². The zero-order valence-electron chi connectivity index (χ0n) is 12.9. The number of aryl methyl sites for hydroxylation is 2. The van der Waals surface area contributed by atoms with Crippen molar-refractivity contribution in [2.45, 2.75) is 20.4 Å². The van der Waals surface area contributed by atoms with Crippen LogP contribution in [0, 0.1) is 13.8 Å². The molecule has 0 fully saturated rings. The molecule has 0 bridgehead atoms. The van der Waals surface area contributed by atoms with Crippen LogP contribution >= 0.6 is 0 Å². The zero-order valence-corrected chi connectivity index (χ0v) is 12.9. The predicted molar refractivity (Wildman–Crippen MR) is 91.6 cm³/mol. The average molecular weight is 275 g/mol. The van der Waals surface area contributed by atoms with Gasteiger partial charge in [-0.05, 0) is 65.6 Å². The number of fused-ring (bicyclic) bond motifs is 1. The summed E-state index contributed by atoms with van der Waals surface area (Å²) in [7, 11) is 1.99. The fourth-order valence-electron chi connectivity index (χ4n) is 2.99. The van der Waals surface area contributed by atoms with Crippen LogP contribution in [0.25, 0.3) is 21.9 Å². The fourth-order valence-corrected chi connectivity index (χ4v) is 2.99. The summed E-state index contributed by atoms with van der Waals surface area (Å²) in [5.74, 6) is 0. The molecular formula is C20H21N. The molecule has 0 aliphatic heterocycles. The lowest BCUT2D eigenvalue weighted by molar-refractivity contribution is 0.818. The van der Waals surface area contributed by atoms with Crippen LogP contribution < -0.4 is 5.32 Å². The van der Waals surface area contributed by atoms with Gasteiger partial charge in [-0.1, -0.05) is 48.5 Å². The molecule has 0 aromatic heterocycles. The van der Waals surface area contributed by atoms with Gasteiger partial charge in [0.2, 0.25) is 0 Å².